The molecule has 0 N–H and O–H groups in total. The molecule has 0 atom stereocenters. The molecule has 0 saturated carbocycles. The van der Waals surface area contributed by atoms with Crippen LogP contribution in [0.1, 0.15) is 22.3 Å². The molecular weight excluding hydrogens is 425 g/mol. The zero-order valence-electron chi connectivity index (χ0n) is 14.5. The largest absolute Gasteiger partial charge is 0.435 e. The molecule has 160 valence electrons. The van der Waals surface area contributed by atoms with Crippen LogP contribution in [0.2, 0.25) is 0 Å². The van der Waals surface area contributed by atoms with Gasteiger partial charge < -0.3 is 0 Å². The molecule has 11 heteroatoms. The predicted molar refractivity (Wildman–Crippen MR) is 81.2 cm³/mol. The highest BCUT2D eigenvalue weighted by atomic mass is 19.4. The molecule has 0 aliphatic heterocycles. The van der Waals surface area contributed by atoms with Crippen molar-refractivity contribution < 1.29 is 48.3 Å². The zero-order chi connectivity index (χ0) is 22.6. The average molecular weight is 436 g/mol. The van der Waals surface area contributed by atoms with Crippen molar-refractivity contribution >= 4 is 0 Å². The molecule has 0 spiro atoms. The Morgan fingerprint density at radius 3 is 1.62 bits per heavy atom. The molecule has 0 radical (unpaired) electrons. The number of hydrogen-bond donors (Lipinski definition) is 0. The third-order valence-electron chi connectivity index (χ3n) is 4.19. The van der Waals surface area contributed by atoms with Crippen molar-refractivity contribution in [3.05, 3.63) is 58.4 Å². The molecule has 2 aromatic carbocycles. The van der Waals surface area contributed by atoms with Gasteiger partial charge in [0.15, 0.2) is 0 Å². The molecule has 0 aliphatic carbocycles. The van der Waals surface area contributed by atoms with Crippen LogP contribution in [0.5, 0.6) is 0 Å². The zero-order valence-corrected chi connectivity index (χ0v) is 14.5. The molecule has 2 rings (SSSR count). The molecule has 0 unspecified atom stereocenters. The Morgan fingerprint density at radius 2 is 1.17 bits per heavy atom. The van der Waals surface area contributed by atoms with Crippen LogP contribution in [0.4, 0.5) is 48.3 Å². The normalized spacial score (nSPS) is 13.7. The quantitative estimate of drug-likeness (QED) is 0.430. The molecule has 29 heavy (non-hydrogen) atoms. The SMILES string of the molecule is Cc1cc(C)c(-c2ccc(F)c(C(F)(F)F)c2)c(C(F)(C(F)(F)F)C(F)(F)F)c1. The van der Waals surface area contributed by atoms with Crippen molar-refractivity contribution in [2.75, 3.05) is 0 Å². The highest BCUT2D eigenvalue weighted by Gasteiger charge is 2.74. The van der Waals surface area contributed by atoms with Gasteiger partial charge in [0.1, 0.15) is 5.82 Å². The molecule has 0 amide bonds. The summed E-state index contributed by atoms with van der Waals surface area (Å²) in [7, 11) is 0. The molecule has 0 heterocycles. The fraction of sp³-hybridized carbons (Fsp3) is 0.333. The summed E-state index contributed by atoms with van der Waals surface area (Å²) in [4.78, 5) is 0. The second kappa shape index (κ2) is 6.88. The maximum atomic E-state index is 14.7. The van der Waals surface area contributed by atoms with Gasteiger partial charge in [0, 0.05) is 5.56 Å². The number of aryl methyl sites for hydroxylation is 2. The molecule has 2 aromatic rings. The third-order valence-corrected chi connectivity index (χ3v) is 4.19. The first-order valence-corrected chi connectivity index (χ1v) is 7.72. The molecule has 0 fully saturated rings. The van der Waals surface area contributed by atoms with Gasteiger partial charge in [-0.05, 0) is 42.7 Å². The minimum atomic E-state index is -6.47. The van der Waals surface area contributed by atoms with E-state index in [0.717, 1.165) is 19.9 Å². The van der Waals surface area contributed by atoms with Crippen LogP contribution in [0.15, 0.2) is 30.3 Å². The summed E-state index contributed by atoms with van der Waals surface area (Å²) in [6.45, 7) is 2.11. The number of rotatable bonds is 2. The minimum Gasteiger partial charge on any atom is -0.218 e. The fourth-order valence-corrected chi connectivity index (χ4v) is 2.99. The van der Waals surface area contributed by atoms with Crippen molar-refractivity contribution in [1.82, 2.24) is 0 Å². The lowest BCUT2D eigenvalue weighted by atomic mass is 9.83. The van der Waals surface area contributed by atoms with E-state index in [1.807, 2.05) is 0 Å². The lowest BCUT2D eigenvalue weighted by molar-refractivity contribution is -0.348. The summed E-state index contributed by atoms with van der Waals surface area (Å²) in [6.07, 6.45) is -18.2. The summed E-state index contributed by atoms with van der Waals surface area (Å²) >= 11 is 0. The number of alkyl halides is 10. The molecule has 0 aromatic heterocycles. The van der Waals surface area contributed by atoms with E-state index in [-0.39, 0.29) is 29.3 Å². The second-order valence-electron chi connectivity index (χ2n) is 6.35. The van der Waals surface area contributed by atoms with E-state index in [1.165, 1.54) is 0 Å². The smallest absolute Gasteiger partial charge is 0.218 e. The van der Waals surface area contributed by atoms with Gasteiger partial charge in [0.25, 0.3) is 0 Å². The molecule has 0 saturated heterocycles. The Bertz CT molecular complexity index is 903. The minimum absolute atomic E-state index is 0.0453. The van der Waals surface area contributed by atoms with Crippen molar-refractivity contribution in [1.29, 1.82) is 0 Å². The van der Waals surface area contributed by atoms with Gasteiger partial charge in [-0.25, -0.2) is 8.78 Å². The van der Waals surface area contributed by atoms with Crippen LogP contribution < -0.4 is 0 Å². The first-order valence-electron chi connectivity index (χ1n) is 7.72. The molecule has 0 nitrogen and oxygen atoms in total. The van der Waals surface area contributed by atoms with E-state index in [1.54, 1.807) is 0 Å². The van der Waals surface area contributed by atoms with Gasteiger partial charge in [0.05, 0.1) is 5.56 Å². The topological polar surface area (TPSA) is 0 Å². The van der Waals surface area contributed by atoms with Crippen LogP contribution in [0.25, 0.3) is 11.1 Å². The van der Waals surface area contributed by atoms with Crippen molar-refractivity contribution in [2.24, 2.45) is 0 Å². The summed E-state index contributed by atoms with van der Waals surface area (Å²) in [5.74, 6) is -1.79. The van der Waals surface area contributed by atoms with Crippen molar-refractivity contribution in [3.8, 4) is 11.1 Å². The van der Waals surface area contributed by atoms with E-state index in [2.05, 4.69) is 0 Å². The standard InChI is InChI=1S/C18H11F11/c1-8-5-9(2)14(10-3-4-13(19)11(7-10)16(21,22)23)12(6-8)15(20,17(24,25)26)18(27,28)29/h3-7H,1-2H3. The monoisotopic (exact) mass is 436 g/mol. The maximum Gasteiger partial charge on any atom is 0.435 e. The lowest BCUT2D eigenvalue weighted by Crippen LogP contribution is -2.50. The van der Waals surface area contributed by atoms with Crippen LogP contribution >= 0.6 is 0 Å². The van der Waals surface area contributed by atoms with E-state index < -0.39 is 52.3 Å². The first kappa shape index (κ1) is 23.0. The van der Waals surface area contributed by atoms with Crippen molar-refractivity contribution in [2.45, 2.75) is 38.0 Å². The maximum absolute atomic E-state index is 14.7. The van der Waals surface area contributed by atoms with E-state index in [9.17, 15) is 48.3 Å². The Balaban J connectivity index is 2.97. The summed E-state index contributed by atoms with van der Waals surface area (Å²) in [5, 5.41) is 0. The van der Waals surface area contributed by atoms with Gasteiger partial charge in [-0.15, -0.1) is 0 Å². The van der Waals surface area contributed by atoms with E-state index >= 15 is 0 Å². The Hall–Kier alpha value is -2.33. The van der Waals surface area contributed by atoms with Gasteiger partial charge in [-0.2, -0.15) is 39.5 Å². The third kappa shape index (κ3) is 3.91. The summed E-state index contributed by atoms with van der Waals surface area (Å²) < 4.78 is 147. The first-order chi connectivity index (χ1) is 12.9. The van der Waals surface area contributed by atoms with E-state index in [4.69, 9.17) is 0 Å². The highest BCUT2D eigenvalue weighted by molar-refractivity contribution is 5.74. The number of hydrogen-bond acceptors (Lipinski definition) is 0. The predicted octanol–water partition coefficient (Wildman–Crippen LogP) is 7.42. The molecule has 0 bridgehead atoms. The van der Waals surface area contributed by atoms with Gasteiger partial charge >= 0.3 is 24.2 Å². The van der Waals surface area contributed by atoms with Gasteiger partial charge in [-0.1, -0.05) is 23.8 Å². The number of benzene rings is 2. The van der Waals surface area contributed by atoms with E-state index in [0.29, 0.717) is 6.07 Å². The van der Waals surface area contributed by atoms with Crippen LogP contribution in [0, 0.1) is 19.7 Å². The van der Waals surface area contributed by atoms with Crippen LogP contribution in [-0.2, 0) is 11.8 Å². The summed E-state index contributed by atoms with van der Waals surface area (Å²) in [6, 6.07) is 2.17. The Kier molecular flexibility index (Phi) is 5.44. The average Bonchev–Trinajstić information content (AvgIpc) is 2.51. The fourth-order valence-electron chi connectivity index (χ4n) is 2.99. The summed E-state index contributed by atoms with van der Waals surface area (Å²) in [5.41, 5.74) is -12.1. The van der Waals surface area contributed by atoms with Crippen LogP contribution in [0.3, 0.4) is 0 Å². The second-order valence-corrected chi connectivity index (χ2v) is 6.35. The van der Waals surface area contributed by atoms with Crippen LogP contribution in [-0.4, -0.2) is 12.4 Å². The highest BCUT2D eigenvalue weighted by Crippen LogP contribution is 2.56. The van der Waals surface area contributed by atoms with Gasteiger partial charge in [0.2, 0.25) is 0 Å². The lowest BCUT2D eigenvalue weighted by Gasteiger charge is -2.33. The number of halogens is 11. The Morgan fingerprint density at radius 1 is 0.655 bits per heavy atom. The van der Waals surface area contributed by atoms with Crippen molar-refractivity contribution in [3.63, 3.8) is 0 Å². The molecule has 0 aliphatic rings. The molecular formula is C18H11F11. The Labute approximate surface area is 156 Å². The van der Waals surface area contributed by atoms with Gasteiger partial charge in [-0.3, -0.25) is 0 Å².